The van der Waals surface area contributed by atoms with Gasteiger partial charge in [0.25, 0.3) is 5.91 Å². The topological polar surface area (TPSA) is 54.7 Å². The summed E-state index contributed by atoms with van der Waals surface area (Å²) in [5, 5.41) is 3.46. The van der Waals surface area contributed by atoms with Crippen molar-refractivity contribution in [2.45, 2.75) is 32.7 Å². The van der Waals surface area contributed by atoms with Crippen LogP contribution in [0.4, 0.5) is 0 Å². The molecule has 0 unspecified atom stereocenters. The summed E-state index contributed by atoms with van der Waals surface area (Å²) < 4.78 is 11.0. The molecular formula is C21H27ClN2O3. The molecule has 1 atom stereocenters. The Hall–Kier alpha value is -1.98. The molecule has 3 rings (SSSR count). The quantitative estimate of drug-likeness (QED) is 0.791. The molecule has 0 aliphatic carbocycles. The van der Waals surface area contributed by atoms with E-state index >= 15 is 0 Å². The predicted octanol–water partition coefficient (Wildman–Crippen LogP) is 4.45. The van der Waals surface area contributed by atoms with Crippen LogP contribution in [-0.4, -0.2) is 37.6 Å². The van der Waals surface area contributed by atoms with E-state index in [4.69, 9.17) is 20.8 Å². The highest BCUT2D eigenvalue weighted by Gasteiger charge is 2.27. The zero-order valence-corrected chi connectivity index (χ0v) is 16.9. The Kier molecular flexibility index (Phi) is 6.45. The molecule has 0 radical (unpaired) electrons. The standard InChI is InChI=1S/C21H27ClN2O3/c1-14-8-10-24(11-9-14)18(20-6-4-15(2)27-20)13-23-21(25)16-5-7-19(26-3)17(22)12-16/h4-7,12,14,18H,8-11,13H2,1-3H3,(H,23,25)/t18-/m0/s1. The van der Waals surface area contributed by atoms with Crippen molar-refractivity contribution in [3.05, 3.63) is 52.4 Å². The number of carbonyl (C=O) groups is 1. The fraction of sp³-hybridized carbons (Fsp3) is 0.476. The van der Waals surface area contributed by atoms with Gasteiger partial charge in [0, 0.05) is 12.1 Å². The first kappa shape index (κ1) is 19.8. The number of furan rings is 1. The van der Waals surface area contributed by atoms with Crippen molar-refractivity contribution in [1.82, 2.24) is 10.2 Å². The van der Waals surface area contributed by atoms with E-state index in [2.05, 4.69) is 17.1 Å². The molecule has 1 N–H and O–H groups in total. The first-order valence-electron chi connectivity index (χ1n) is 9.40. The van der Waals surface area contributed by atoms with Gasteiger partial charge < -0.3 is 14.5 Å². The van der Waals surface area contributed by atoms with Crippen molar-refractivity contribution in [1.29, 1.82) is 0 Å². The van der Waals surface area contributed by atoms with Crippen LogP contribution in [-0.2, 0) is 0 Å². The normalized spacial score (nSPS) is 16.9. The molecule has 1 aliphatic rings. The number of benzene rings is 1. The van der Waals surface area contributed by atoms with Crippen LogP contribution in [0.3, 0.4) is 0 Å². The summed E-state index contributed by atoms with van der Waals surface area (Å²) in [6, 6.07) is 9.06. The average molecular weight is 391 g/mol. The second-order valence-corrected chi connectivity index (χ2v) is 7.65. The Bertz CT molecular complexity index is 781. The van der Waals surface area contributed by atoms with Gasteiger partial charge in [-0.15, -0.1) is 0 Å². The van der Waals surface area contributed by atoms with Crippen LogP contribution in [0, 0.1) is 12.8 Å². The molecule has 5 nitrogen and oxygen atoms in total. The number of rotatable bonds is 6. The molecule has 2 heterocycles. The third-order valence-corrected chi connectivity index (χ3v) is 5.51. The van der Waals surface area contributed by atoms with Crippen LogP contribution in [0.5, 0.6) is 5.75 Å². The third-order valence-electron chi connectivity index (χ3n) is 5.22. The van der Waals surface area contributed by atoms with E-state index < -0.39 is 0 Å². The van der Waals surface area contributed by atoms with E-state index in [9.17, 15) is 4.79 Å². The summed E-state index contributed by atoms with van der Waals surface area (Å²) in [4.78, 5) is 15.0. The molecule has 0 bridgehead atoms. The molecule has 146 valence electrons. The number of carbonyl (C=O) groups excluding carboxylic acids is 1. The van der Waals surface area contributed by atoms with E-state index in [-0.39, 0.29) is 11.9 Å². The molecule has 1 saturated heterocycles. The fourth-order valence-corrected chi connectivity index (χ4v) is 3.74. The minimum atomic E-state index is -0.154. The Morgan fingerprint density at radius 2 is 2.07 bits per heavy atom. The maximum Gasteiger partial charge on any atom is 0.251 e. The van der Waals surface area contributed by atoms with Gasteiger partial charge in [-0.25, -0.2) is 0 Å². The van der Waals surface area contributed by atoms with E-state index in [0.717, 1.165) is 43.4 Å². The summed E-state index contributed by atoms with van der Waals surface area (Å²) in [5.74, 6) is 2.93. The van der Waals surface area contributed by atoms with Crippen molar-refractivity contribution in [2.24, 2.45) is 5.92 Å². The third kappa shape index (κ3) is 4.85. The summed E-state index contributed by atoms with van der Waals surface area (Å²) in [7, 11) is 1.55. The number of hydrogen-bond acceptors (Lipinski definition) is 4. The number of ether oxygens (including phenoxy) is 1. The Balaban J connectivity index is 1.70. The number of methoxy groups -OCH3 is 1. The zero-order valence-electron chi connectivity index (χ0n) is 16.1. The minimum Gasteiger partial charge on any atom is -0.495 e. The van der Waals surface area contributed by atoms with Crippen molar-refractivity contribution >= 4 is 17.5 Å². The second kappa shape index (κ2) is 8.81. The monoisotopic (exact) mass is 390 g/mol. The second-order valence-electron chi connectivity index (χ2n) is 7.24. The van der Waals surface area contributed by atoms with Crippen LogP contribution >= 0.6 is 11.6 Å². The van der Waals surface area contributed by atoms with Gasteiger partial charge in [-0.2, -0.15) is 0 Å². The van der Waals surface area contributed by atoms with Crippen molar-refractivity contribution in [3.8, 4) is 5.75 Å². The molecular weight excluding hydrogens is 364 g/mol. The number of halogens is 1. The lowest BCUT2D eigenvalue weighted by Gasteiger charge is -2.35. The lowest BCUT2D eigenvalue weighted by molar-refractivity contribution is 0.0895. The summed E-state index contributed by atoms with van der Waals surface area (Å²) in [6.45, 7) is 6.74. The van der Waals surface area contributed by atoms with E-state index in [1.165, 1.54) is 0 Å². The van der Waals surface area contributed by atoms with E-state index in [0.29, 0.717) is 22.9 Å². The highest BCUT2D eigenvalue weighted by molar-refractivity contribution is 6.32. The summed E-state index contributed by atoms with van der Waals surface area (Å²) in [6.07, 6.45) is 2.33. The Morgan fingerprint density at radius 3 is 2.67 bits per heavy atom. The van der Waals surface area contributed by atoms with Gasteiger partial charge in [0.05, 0.1) is 18.2 Å². The lowest BCUT2D eigenvalue weighted by atomic mass is 9.97. The molecule has 0 spiro atoms. The number of aryl methyl sites for hydroxylation is 1. The SMILES string of the molecule is COc1ccc(C(=O)NC[C@@H](c2ccc(C)o2)N2CCC(C)CC2)cc1Cl. The highest BCUT2D eigenvalue weighted by Crippen LogP contribution is 2.28. The molecule has 2 aromatic rings. The predicted molar refractivity (Wildman–Crippen MR) is 106 cm³/mol. The molecule has 1 amide bonds. The molecule has 1 aromatic carbocycles. The van der Waals surface area contributed by atoms with Crippen LogP contribution in [0.2, 0.25) is 5.02 Å². The highest BCUT2D eigenvalue weighted by atomic mass is 35.5. The molecule has 1 fully saturated rings. The van der Waals surface area contributed by atoms with Gasteiger partial charge in [0.15, 0.2) is 0 Å². The van der Waals surface area contributed by atoms with Gasteiger partial charge in [-0.3, -0.25) is 9.69 Å². The first-order valence-corrected chi connectivity index (χ1v) is 9.78. The molecule has 6 heteroatoms. The Morgan fingerprint density at radius 1 is 1.33 bits per heavy atom. The van der Waals surface area contributed by atoms with Crippen LogP contribution in [0.15, 0.2) is 34.7 Å². The molecule has 0 saturated carbocycles. The summed E-state index contributed by atoms with van der Waals surface area (Å²) in [5.41, 5.74) is 0.516. The van der Waals surface area contributed by atoms with Crippen LogP contribution < -0.4 is 10.1 Å². The smallest absolute Gasteiger partial charge is 0.251 e. The van der Waals surface area contributed by atoms with Gasteiger partial charge in [0.1, 0.15) is 17.3 Å². The number of nitrogens with one attached hydrogen (secondary N) is 1. The number of likely N-dealkylation sites (tertiary alicyclic amines) is 1. The summed E-state index contributed by atoms with van der Waals surface area (Å²) >= 11 is 6.14. The number of piperidine rings is 1. The maximum absolute atomic E-state index is 12.6. The van der Waals surface area contributed by atoms with E-state index in [1.807, 2.05) is 19.1 Å². The number of hydrogen-bond donors (Lipinski definition) is 1. The van der Waals surface area contributed by atoms with Crippen molar-refractivity contribution in [3.63, 3.8) is 0 Å². The molecule has 27 heavy (non-hydrogen) atoms. The van der Waals surface area contributed by atoms with Crippen LogP contribution in [0.1, 0.15) is 47.7 Å². The van der Waals surface area contributed by atoms with Gasteiger partial charge >= 0.3 is 0 Å². The lowest BCUT2D eigenvalue weighted by Crippen LogP contribution is -2.41. The Labute approximate surface area is 165 Å². The van der Waals surface area contributed by atoms with Gasteiger partial charge in [0.2, 0.25) is 0 Å². The zero-order chi connectivity index (χ0) is 19.4. The molecule has 1 aliphatic heterocycles. The fourth-order valence-electron chi connectivity index (χ4n) is 3.48. The van der Waals surface area contributed by atoms with Gasteiger partial charge in [-0.05, 0) is 69.1 Å². The van der Waals surface area contributed by atoms with E-state index in [1.54, 1.807) is 25.3 Å². The molecule has 1 aromatic heterocycles. The number of amides is 1. The average Bonchev–Trinajstić information content (AvgIpc) is 3.09. The first-order chi connectivity index (χ1) is 13.0. The maximum atomic E-state index is 12.6. The number of nitrogens with zero attached hydrogens (tertiary/aromatic N) is 1. The van der Waals surface area contributed by atoms with Crippen molar-refractivity contribution < 1.29 is 13.9 Å². The minimum absolute atomic E-state index is 0.0314. The van der Waals surface area contributed by atoms with Gasteiger partial charge in [-0.1, -0.05) is 18.5 Å². The van der Waals surface area contributed by atoms with Crippen LogP contribution in [0.25, 0.3) is 0 Å². The van der Waals surface area contributed by atoms with Crippen molar-refractivity contribution in [2.75, 3.05) is 26.7 Å². The largest absolute Gasteiger partial charge is 0.495 e.